The Morgan fingerprint density at radius 1 is 1.52 bits per heavy atom. The van der Waals surface area contributed by atoms with Crippen molar-refractivity contribution < 1.29 is 18.7 Å². The summed E-state index contributed by atoms with van der Waals surface area (Å²) in [6.45, 7) is 1.67. The number of hydrogen-bond acceptors (Lipinski definition) is 3. The van der Waals surface area contributed by atoms with Gasteiger partial charge in [0.05, 0.1) is 23.2 Å². The molecule has 2 amide bonds. The molecule has 6 nitrogen and oxygen atoms in total. The number of nitrogens with one attached hydrogen (secondary N) is 3. The van der Waals surface area contributed by atoms with Gasteiger partial charge in [-0.2, -0.15) is 0 Å². The van der Waals surface area contributed by atoms with Crippen LogP contribution in [0.4, 0.5) is 19.3 Å². The molecule has 0 aliphatic heterocycles. The molecular weight excluding hydrogens is 306 g/mol. The highest BCUT2D eigenvalue weighted by atomic mass is 19.3. The molecular formula is C15H18F2N4O2. The molecule has 1 unspecified atom stereocenters. The molecule has 1 fully saturated rings. The SMILES string of the molecule is CC(CO)(NC(=O)Nc1ccc2nc(C(F)F)[nH]c2c1)C1CC1. The summed E-state index contributed by atoms with van der Waals surface area (Å²) in [7, 11) is 0. The molecule has 3 rings (SSSR count). The van der Waals surface area contributed by atoms with E-state index in [1.54, 1.807) is 25.1 Å². The van der Waals surface area contributed by atoms with E-state index in [1.807, 2.05) is 0 Å². The fourth-order valence-electron chi connectivity index (χ4n) is 2.62. The van der Waals surface area contributed by atoms with Crippen molar-refractivity contribution in [1.29, 1.82) is 0 Å². The molecule has 0 bridgehead atoms. The van der Waals surface area contributed by atoms with Crippen LogP contribution in [0.1, 0.15) is 32.0 Å². The number of anilines is 1. The van der Waals surface area contributed by atoms with Gasteiger partial charge in [0, 0.05) is 5.69 Å². The number of alkyl halides is 2. The minimum atomic E-state index is -2.68. The van der Waals surface area contributed by atoms with Gasteiger partial charge in [0.1, 0.15) is 0 Å². The standard InChI is InChI=1S/C15H18F2N4O2/c1-15(7-22,8-2-3-8)21-14(23)18-9-4-5-10-11(6-9)20-13(19-10)12(16)17/h4-6,8,12,22H,2-3,7H2,1H3,(H,19,20)(H2,18,21,23). The number of H-pyrrole nitrogens is 1. The normalized spacial score (nSPS) is 17.3. The van der Waals surface area contributed by atoms with Crippen molar-refractivity contribution in [2.75, 3.05) is 11.9 Å². The fourth-order valence-corrected chi connectivity index (χ4v) is 2.62. The third-order valence-corrected chi connectivity index (χ3v) is 4.17. The zero-order chi connectivity index (χ0) is 16.6. The second-order valence-corrected chi connectivity index (χ2v) is 6.08. The van der Waals surface area contributed by atoms with Gasteiger partial charge in [-0.15, -0.1) is 0 Å². The zero-order valence-electron chi connectivity index (χ0n) is 12.6. The molecule has 1 aromatic heterocycles. The molecule has 8 heteroatoms. The molecule has 1 aromatic carbocycles. The van der Waals surface area contributed by atoms with Crippen LogP contribution >= 0.6 is 0 Å². The molecule has 1 atom stereocenters. The lowest BCUT2D eigenvalue weighted by Crippen LogP contribution is -2.52. The number of benzene rings is 1. The van der Waals surface area contributed by atoms with Crippen molar-refractivity contribution in [3.8, 4) is 0 Å². The van der Waals surface area contributed by atoms with E-state index in [4.69, 9.17) is 0 Å². The Kier molecular flexibility index (Phi) is 3.93. The van der Waals surface area contributed by atoms with Crippen molar-refractivity contribution in [2.45, 2.75) is 31.7 Å². The van der Waals surface area contributed by atoms with Gasteiger partial charge in [-0.25, -0.2) is 18.6 Å². The van der Waals surface area contributed by atoms with E-state index in [-0.39, 0.29) is 12.5 Å². The number of carbonyl (C=O) groups is 1. The maximum absolute atomic E-state index is 12.6. The Bertz CT molecular complexity index is 729. The molecule has 124 valence electrons. The van der Waals surface area contributed by atoms with E-state index in [0.29, 0.717) is 16.7 Å². The highest BCUT2D eigenvalue weighted by Gasteiger charge is 2.42. The topological polar surface area (TPSA) is 90.0 Å². The van der Waals surface area contributed by atoms with Crippen molar-refractivity contribution in [3.05, 3.63) is 24.0 Å². The average Bonchev–Trinajstić information content (AvgIpc) is 3.27. The van der Waals surface area contributed by atoms with Crippen molar-refractivity contribution in [1.82, 2.24) is 15.3 Å². The first-order chi connectivity index (χ1) is 10.9. The number of hydrogen-bond donors (Lipinski definition) is 4. The van der Waals surface area contributed by atoms with Crippen LogP contribution in [0.15, 0.2) is 18.2 Å². The highest BCUT2D eigenvalue weighted by Crippen LogP contribution is 2.39. The first kappa shape index (κ1) is 15.7. The van der Waals surface area contributed by atoms with E-state index >= 15 is 0 Å². The first-order valence-corrected chi connectivity index (χ1v) is 7.39. The number of aromatic amines is 1. The Labute approximate surface area is 131 Å². The van der Waals surface area contributed by atoms with Gasteiger partial charge in [0.25, 0.3) is 6.43 Å². The quantitative estimate of drug-likeness (QED) is 0.682. The lowest BCUT2D eigenvalue weighted by atomic mass is 9.97. The van der Waals surface area contributed by atoms with Gasteiger partial charge >= 0.3 is 6.03 Å². The highest BCUT2D eigenvalue weighted by molar-refractivity contribution is 5.92. The van der Waals surface area contributed by atoms with E-state index in [9.17, 15) is 18.7 Å². The Morgan fingerprint density at radius 2 is 2.26 bits per heavy atom. The summed E-state index contributed by atoms with van der Waals surface area (Å²) in [5, 5.41) is 14.9. The van der Waals surface area contributed by atoms with Gasteiger partial charge in [0.2, 0.25) is 0 Å². The second kappa shape index (κ2) is 5.77. The first-order valence-electron chi connectivity index (χ1n) is 7.39. The smallest absolute Gasteiger partial charge is 0.319 e. The second-order valence-electron chi connectivity index (χ2n) is 6.08. The molecule has 1 aliphatic rings. The van der Waals surface area contributed by atoms with E-state index in [1.165, 1.54) is 0 Å². The third-order valence-electron chi connectivity index (χ3n) is 4.17. The predicted molar refractivity (Wildman–Crippen MR) is 81.4 cm³/mol. The monoisotopic (exact) mass is 324 g/mol. The Morgan fingerprint density at radius 3 is 2.87 bits per heavy atom. The van der Waals surface area contributed by atoms with Gasteiger partial charge in [-0.1, -0.05) is 0 Å². The van der Waals surface area contributed by atoms with Gasteiger partial charge in [-0.3, -0.25) is 0 Å². The lowest BCUT2D eigenvalue weighted by molar-refractivity contribution is 0.142. The van der Waals surface area contributed by atoms with Crippen LogP contribution in [-0.2, 0) is 0 Å². The van der Waals surface area contributed by atoms with Crippen molar-refractivity contribution in [2.24, 2.45) is 5.92 Å². The van der Waals surface area contributed by atoms with Gasteiger partial charge in [-0.05, 0) is 43.9 Å². The van der Waals surface area contributed by atoms with Crippen LogP contribution in [0.2, 0.25) is 0 Å². The number of aliphatic hydroxyl groups is 1. The van der Waals surface area contributed by atoms with Gasteiger partial charge < -0.3 is 20.7 Å². The van der Waals surface area contributed by atoms with Crippen LogP contribution in [0.3, 0.4) is 0 Å². The molecule has 1 heterocycles. The Hall–Kier alpha value is -2.22. The number of halogens is 2. The number of aliphatic hydroxyl groups excluding tert-OH is 1. The molecule has 2 aromatic rings. The molecule has 1 saturated carbocycles. The van der Waals surface area contributed by atoms with E-state index in [0.717, 1.165) is 12.8 Å². The number of amides is 2. The number of fused-ring (bicyclic) bond motifs is 1. The number of aromatic nitrogens is 2. The summed E-state index contributed by atoms with van der Waals surface area (Å²) in [6.07, 6.45) is -0.715. The van der Waals surface area contributed by atoms with E-state index < -0.39 is 23.8 Å². The molecule has 0 radical (unpaired) electrons. The summed E-state index contributed by atoms with van der Waals surface area (Å²) >= 11 is 0. The van der Waals surface area contributed by atoms with Crippen LogP contribution in [0.5, 0.6) is 0 Å². The van der Waals surface area contributed by atoms with Crippen LogP contribution < -0.4 is 10.6 Å². The maximum atomic E-state index is 12.6. The molecule has 0 spiro atoms. The largest absolute Gasteiger partial charge is 0.394 e. The third kappa shape index (κ3) is 3.26. The lowest BCUT2D eigenvalue weighted by Gasteiger charge is -2.28. The van der Waals surface area contributed by atoms with Crippen molar-refractivity contribution >= 4 is 22.8 Å². The number of nitrogens with zero attached hydrogens (tertiary/aromatic N) is 1. The number of imidazole rings is 1. The molecule has 23 heavy (non-hydrogen) atoms. The van der Waals surface area contributed by atoms with Crippen LogP contribution in [-0.4, -0.2) is 33.3 Å². The fraction of sp³-hybridized carbons (Fsp3) is 0.467. The van der Waals surface area contributed by atoms with E-state index in [2.05, 4.69) is 20.6 Å². The summed E-state index contributed by atoms with van der Waals surface area (Å²) in [5.74, 6) is -0.120. The van der Waals surface area contributed by atoms with Crippen molar-refractivity contribution in [3.63, 3.8) is 0 Å². The molecule has 0 saturated heterocycles. The van der Waals surface area contributed by atoms with Gasteiger partial charge in [0.15, 0.2) is 5.82 Å². The summed E-state index contributed by atoms with van der Waals surface area (Å²) in [4.78, 5) is 18.4. The summed E-state index contributed by atoms with van der Waals surface area (Å²) in [5.41, 5.74) is 0.635. The zero-order valence-corrected chi connectivity index (χ0v) is 12.6. The van der Waals surface area contributed by atoms with Crippen LogP contribution in [0, 0.1) is 5.92 Å². The average molecular weight is 324 g/mol. The summed E-state index contributed by atoms with van der Waals surface area (Å²) in [6, 6.07) is 4.24. The Balaban J connectivity index is 1.71. The summed E-state index contributed by atoms with van der Waals surface area (Å²) < 4.78 is 25.3. The molecule has 1 aliphatic carbocycles. The predicted octanol–water partition coefficient (Wildman–Crippen LogP) is 2.78. The number of rotatable bonds is 5. The number of urea groups is 1. The molecule has 4 N–H and O–H groups in total. The maximum Gasteiger partial charge on any atom is 0.319 e. The van der Waals surface area contributed by atoms with Crippen LogP contribution in [0.25, 0.3) is 11.0 Å². The number of carbonyl (C=O) groups excluding carboxylic acids is 1. The minimum Gasteiger partial charge on any atom is -0.394 e. The minimum absolute atomic E-state index is 0.136.